The molecule has 16 unspecified atom stereocenters. The predicted molar refractivity (Wildman–Crippen MR) is 433 cm³/mol. The third-order valence-corrected chi connectivity index (χ3v) is 21.9. The van der Waals surface area contributed by atoms with Crippen molar-refractivity contribution >= 4 is 88.1 Å². The summed E-state index contributed by atoms with van der Waals surface area (Å²) in [4.78, 5) is 145. The van der Waals surface area contributed by atoms with E-state index in [0.29, 0.717) is 5.56 Å². The maximum absolute atomic E-state index is 16.3. The summed E-state index contributed by atoms with van der Waals surface area (Å²) in [6, 6.07) is 7.80. The molecule has 7 aromatic rings. The van der Waals surface area contributed by atoms with Gasteiger partial charge in [-0.3, -0.25) is 48.6 Å². The number of hydrazine groups is 1. The number of phenolic OH excluding ortho intramolecular Hbond substituents is 3. The Balaban J connectivity index is 1.01. The highest BCUT2D eigenvalue weighted by atomic mass is 35.5. The van der Waals surface area contributed by atoms with E-state index in [9.17, 15) is 83.1 Å². The number of aromatic hydroxyl groups is 3. The molecule has 0 saturated carbocycles. The number of amides is 11. The first kappa shape index (κ1) is 92.7. The molecule has 0 spiro atoms. The maximum Gasteiger partial charge on any atom is 0.573 e. The molecule has 7 heterocycles. The molecule has 0 radical (unpaired) electrons. The molecule has 24 N–H and O–H groups in total. The normalized spacial score (nSPS) is 25.9. The number of benzene rings is 7. The number of primary amides is 2. The molecule has 2 fully saturated rings. The first-order chi connectivity index (χ1) is 59.6. The number of aliphatic hydroxyl groups is 6. The van der Waals surface area contributed by atoms with Crippen molar-refractivity contribution in [3.05, 3.63) is 176 Å². The van der Waals surface area contributed by atoms with Gasteiger partial charge in [-0.25, -0.2) is 10.2 Å². The summed E-state index contributed by atoms with van der Waals surface area (Å²) in [6.45, 7) is 5.58. The fourth-order valence-corrected chi connectivity index (χ4v) is 15.4. The van der Waals surface area contributed by atoms with Gasteiger partial charge in [0.15, 0.2) is 23.9 Å². The van der Waals surface area contributed by atoms with Crippen LogP contribution in [0.25, 0.3) is 11.1 Å². The maximum atomic E-state index is 16.3. The fraction of sp³-hybridized carbons (Fsp3) is 0.366. The Bertz CT molecular complexity index is 5360. The number of fused-ring (bicyclic) bond motifs is 15. The highest BCUT2D eigenvalue weighted by Crippen LogP contribution is 2.50. The van der Waals surface area contributed by atoms with E-state index in [1.54, 1.807) is 39.0 Å². The summed E-state index contributed by atoms with van der Waals surface area (Å²) in [5.41, 5.74) is 11.1. The smallest absolute Gasteiger partial charge is 0.508 e. The van der Waals surface area contributed by atoms with Gasteiger partial charge in [0.05, 0.1) is 41.3 Å². The highest BCUT2D eigenvalue weighted by Gasteiger charge is 2.53. The average Bonchev–Trinajstić information content (AvgIpc) is 0.764. The number of carbonyl (C=O) groups excluding carboxylic acids is 10. The van der Waals surface area contributed by atoms with Gasteiger partial charge in [0, 0.05) is 46.9 Å². The lowest BCUT2D eigenvalue weighted by Gasteiger charge is -2.48. The number of rotatable bonds is 19. The Kier molecular flexibility index (Phi) is 28.4. The number of phenols is 3. The lowest BCUT2D eigenvalue weighted by Crippen LogP contribution is -2.65. The van der Waals surface area contributed by atoms with E-state index in [2.05, 4.69) is 52.6 Å². The van der Waals surface area contributed by atoms with Crippen LogP contribution in [-0.2, 0) is 59.1 Å². The van der Waals surface area contributed by atoms with Crippen molar-refractivity contribution in [3.63, 3.8) is 0 Å². The number of hydrogen-bond acceptors (Lipinski definition) is 28. The Labute approximate surface area is 723 Å². The van der Waals surface area contributed by atoms with E-state index in [1.165, 1.54) is 26.1 Å². The Morgan fingerprint density at radius 2 is 1.32 bits per heavy atom. The zero-order chi connectivity index (χ0) is 91.4. The Morgan fingerprint density at radius 1 is 0.683 bits per heavy atom. The number of alkyl halides is 3. The molecule has 44 heteroatoms. The number of carbonyl (C=O) groups is 10. The van der Waals surface area contributed by atoms with Crippen molar-refractivity contribution in [1.82, 2.24) is 53.4 Å². The van der Waals surface area contributed by atoms with Crippen molar-refractivity contribution in [2.45, 2.75) is 169 Å². The number of nitrogens with two attached hydrogens (primary N) is 2. The summed E-state index contributed by atoms with van der Waals surface area (Å²) in [5.74, 6) is -17.6. The summed E-state index contributed by atoms with van der Waals surface area (Å²) in [6.07, 6.45) is -24.9. The minimum Gasteiger partial charge on any atom is -0.508 e. The lowest BCUT2D eigenvalue weighted by atomic mass is 9.84. The van der Waals surface area contributed by atoms with Crippen molar-refractivity contribution in [2.75, 3.05) is 19.0 Å². The second kappa shape index (κ2) is 38.6. The minimum absolute atomic E-state index is 0.0159. The van der Waals surface area contributed by atoms with E-state index >= 15 is 24.0 Å². The van der Waals surface area contributed by atoms with Crippen LogP contribution in [0, 0.1) is 5.92 Å². The molecule has 672 valence electrons. The SMILES string of the molecule is CNC(CC(C)C)C(=O)NC1C(=O)NC(CC(N)=O)C(=O)NC2C(=O)NC3C(=O)NC(C(=O)N[C@@H](C(=O)NNC(N)=O)c4cc(O)cc(O)c4-c4cc3ccc4O)C(O)c3ccc(c(Cl)c3)Oc3cc2cc(c3OC2OC(CO)C(O)C(O)C2OC2C[C@](C)(NCc3cccc(NC(=O)c4ccc(OC(F)(F)F)cc4)c3)C(O)C(C)O2)Oc2ccc(cc2Cl)C1O. The van der Waals surface area contributed by atoms with Crippen LogP contribution < -0.4 is 89.1 Å². The molecule has 18 atom stereocenters. The number of nitrogens with one attached hydrogen (secondary N) is 11. The molecule has 14 rings (SSSR count). The summed E-state index contributed by atoms with van der Waals surface area (Å²) in [7, 11) is 1.45. The number of likely N-dealkylation sites (N-methyl/N-ethyl adjacent to an activating group) is 1. The van der Waals surface area contributed by atoms with Crippen LogP contribution >= 0.6 is 23.2 Å². The average molecular weight is 1800 g/mol. The topological polar surface area (TPSA) is 602 Å². The lowest BCUT2D eigenvalue weighted by molar-refractivity contribution is -0.334. The quantitative estimate of drug-likeness (QED) is 0.0518. The number of halogens is 5. The van der Waals surface area contributed by atoms with Crippen LogP contribution in [0.15, 0.2) is 127 Å². The van der Waals surface area contributed by atoms with Crippen LogP contribution in [0.1, 0.15) is 121 Å². The van der Waals surface area contributed by atoms with Crippen molar-refractivity contribution in [1.29, 1.82) is 0 Å². The Hall–Kier alpha value is -12.4. The van der Waals surface area contributed by atoms with E-state index in [1.807, 2.05) is 10.9 Å². The van der Waals surface area contributed by atoms with E-state index in [4.69, 9.17) is 63.1 Å². The van der Waals surface area contributed by atoms with Crippen molar-refractivity contribution in [3.8, 4) is 62.9 Å². The van der Waals surface area contributed by atoms with E-state index in [-0.39, 0.29) is 47.7 Å². The van der Waals surface area contributed by atoms with Gasteiger partial charge in [0.2, 0.25) is 53.4 Å². The second-order valence-corrected chi connectivity index (χ2v) is 31.7. The van der Waals surface area contributed by atoms with Crippen LogP contribution in [0.4, 0.5) is 23.7 Å². The summed E-state index contributed by atoms with van der Waals surface area (Å²) < 4.78 is 81.9. The van der Waals surface area contributed by atoms with E-state index < -0.39 is 277 Å². The molecular formula is C82H88Cl2F3N13O26. The van der Waals surface area contributed by atoms with Gasteiger partial charge in [-0.15, -0.1) is 13.2 Å². The third-order valence-electron chi connectivity index (χ3n) is 21.3. The van der Waals surface area contributed by atoms with Gasteiger partial charge in [0.25, 0.3) is 11.8 Å². The molecule has 11 bridgehead atoms. The van der Waals surface area contributed by atoms with Gasteiger partial charge in [0.1, 0.15) is 101 Å². The van der Waals surface area contributed by atoms with Crippen LogP contribution in [0.5, 0.6) is 51.7 Å². The molecule has 7 aromatic carbocycles. The number of hydrogen-bond donors (Lipinski definition) is 22. The van der Waals surface area contributed by atoms with Crippen LogP contribution in [0.3, 0.4) is 0 Å². The van der Waals surface area contributed by atoms with Gasteiger partial charge in [-0.1, -0.05) is 67.4 Å². The number of ether oxygens (including phenoxy) is 7. The predicted octanol–water partition coefficient (Wildman–Crippen LogP) is 2.70. The molecule has 39 nitrogen and oxygen atoms in total. The molecular weight excluding hydrogens is 1710 g/mol. The van der Waals surface area contributed by atoms with Crippen LogP contribution in [-0.4, -0.2) is 204 Å². The molecule has 7 aliphatic rings. The summed E-state index contributed by atoms with van der Waals surface area (Å²) in [5, 5.41) is 129. The minimum atomic E-state index is -4.98. The molecule has 7 aliphatic heterocycles. The molecule has 126 heavy (non-hydrogen) atoms. The number of urea groups is 1. The molecule has 0 aliphatic carbocycles. The summed E-state index contributed by atoms with van der Waals surface area (Å²) >= 11 is 14.3. The monoisotopic (exact) mass is 1800 g/mol. The Morgan fingerprint density at radius 3 is 1.94 bits per heavy atom. The third kappa shape index (κ3) is 21.2. The largest absolute Gasteiger partial charge is 0.573 e. The van der Waals surface area contributed by atoms with Gasteiger partial charge in [-0.05, 0) is 158 Å². The first-order valence-electron chi connectivity index (χ1n) is 38.9. The zero-order valence-electron chi connectivity index (χ0n) is 67.1. The first-order valence-corrected chi connectivity index (χ1v) is 39.6. The van der Waals surface area contributed by atoms with Crippen molar-refractivity contribution < 1.29 is 140 Å². The van der Waals surface area contributed by atoms with Crippen LogP contribution in [0.2, 0.25) is 10.0 Å². The fourth-order valence-electron chi connectivity index (χ4n) is 14.9. The molecule has 2 saturated heterocycles. The van der Waals surface area contributed by atoms with Gasteiger partial charge < -0.3 is 138 Å². The molecule has 11 amide bonds. The zero-order valence-corrected chi connectivity index (χ0v) is 68.6. The van der Waals surface area contributed by atoms with Gasteiger partial charge >= 0.3 is 12.4 Å². The van der Waals surface area contributed by atoms with Crippen molar-refractivity contribution in [2.24, 2.45) is 17.4 Å². The highest BCUT2D eigenvalue weighted by molar-refractivity contribution is 6.32. The molecule has 0 aromatic heterocycles. The standard InChI is InChI=1S/C82H88Cl2F3N13O26/c1-32(2)19-47(90-5)72(112)97-62-64(106)37-12-17-51(45(83)22-37)121-53-24-39-25-54(68(53)125-79-69(67(109)66(108)55(31-101)123-79)124-57-29-81(4,70(110)33(3)120-57)91-30-34-7-6-8-40(20-34)92-71(111)35-9-14-42(15-10-35)126-82(85,86)87)122-52-18-13-38(23-46(52)84)65(107)63-77(117)96-61(78(118)99-100-80(89)119)44-26-41(102)27-50(104)58(44)43-21-36(11-16-49(43)103)59(74(114)98-63)95-75(115)60(39)94-73(113)48(28-56(88)105)93-76(62)116/h6-18,20-27,32-33,47-48,55,57,59-67,69-70,79,90-91,101-104,106-110H,19,28-31H2,1-5H3,(H2,88,105)(H,92,111)(H,93,116)(H,94,113)(H,95,115)(H,96,117)(H,97,112)(H,98,114)(H,99,118)(H3,89,100,119)/t33?,47?,48?,55?,57?,59?,60?,61-,62?,63?,64?,65?,66?,67?,69?,70?,79?,81+/m1/s1. The van der Waals surface area contributed by atoms with E-state index in [0.717, 1.165) is 97.1 Å². The number of aliphatic hydroxyl groups excluding tert-OH is 6. The second-order valence-electron chi connectivity index (χ2n) is 30.8. The number of anilines is 1. The van der Waals surface area contributed by atoms with Gasteiger partial charge in [-0.2, -0.15) is 0 Å².